The van der Waals surface area contributed by atoms with Crippen LogP contribution in [0.1, 0.15) is 59.3 Å². The van der Waals surface area contributed by atoms with E-state index in [1.807, 2.05) is 6.08 Å². The number of rotatable bonds is 1. The number of carbonyl (C=O) groups excluding carboxylic acids is 2. The summed E-state index contributed by atoms with van der Waals surface area (Å²) in [6.07, 6.45) is 6.54. The number of carbonyl (C=O) groups is 2. The van der Waals surface area contributed by atoms with Crippen molar-refractivity contribution in [3.8, 4) is 0 Å². The molecule has 3 saturated carbocycles. The third-order valence-corrected chi connectivity index (χ3v) is 8.85. The molecule has 0 radical (unpaired) electrons. The third kappa shape index (κ3) is 1.71. The van der Waals surface area contributed by atoms with E-state index in [1.54, 1.807) is 6.92 Å². The van der Waals surface area contributed by atoms with Crippen molar-refractivity contribution in [1.82, 2.24) is 0 Å². The van der Waals surface area contributed by atoms with E-state index in [4.69, 9.17) is 4.74 Å². The molecule has 1 unspecified atom stereocenters. The molecule has 0 aromatic rings. The number of ketones is 2. The second-order valence-electron chi connectivity index (χ2n) is 9.71. The van der Waals surface area contributed by atoms with Gasteiger partial charge >= 0.3 is 0 Å². The lowest BCUT2D eigenvalue weighted by Gasteiger charge is -2.60. The fourth-order valence-electron chi connectivity index (χ4n) is 7.75. The molecule has 4 heteroatoms. The minimum Gasteiger partial charge on any atom is -0.393 e. The first-order valence-electron chi connectivity index (χ1n) is 9.85. The average molecular weight is 344 g/mol. The molecular formula is C21H28O4. The average Bonchev–Trinajstić information content (AvgIpc) is 3.22. The Morgan fingerprint density at radius 1 is 1.32 bits per heavy atom. The van der Waals surface area contributed by atoms with Crippen molar-refractivity contribution in [3.05, 3.63) is 11.6 Å². The molecule has 1 saturated heterocycles. The van der Waals surface area contributed by atoms with Gasteiger partial charge in [-0.1, -0.05) is 19.4 Å². The van der Waals surface area contributed by atoms with Gasteiger partial charge in [-0.15, -0.1) is 0 Å². The Labute approximate surface area is 149 Å². The molecule has 0 bridgehead atoms. The lowest BCUT2D eigenvalue weighted by molar-refractivity contribution is -0.158. The highest BCUT2D eigenvalue weighted by Gasteiger charge is 2.80. The Balaban J connectivity index is 1.56. The first-order chi connectivity index (χ1) is 11.7. The van der Waals surface area contributed by atoms with Crippen molar-refractivity contribution in [2.75, 3.05) is 0 Å². The van der Waals surface area contributed by atoms with Crippen molar-refractivity contribution >= 4 is 11.6 Å². The Hall–Kier alpha value is -1.00. The molecule has 0 amide bonds. The summed E-state index contributed by atoms with van der Waals surface area (Å²) in [4.78, 5) is 24.3. The second kappa shape index (κ2) is 4.64. The van der Waals surface area contributed by atoms with E-state index in [0.29, 0.717) is 24.7 Å². The van der Waals surface area contributed by atoms with Gasteiger partial charge in [-0.3, -0.25) is 9.59 Å². The summed E-state index contributed by atoms with van der Waals surface area (Å²) in [5, 5.41) is 11.2. The summed E-state index contributed by atoms with van der Waals surface area (Å²) in [5.74, 6) is 1.46. The van der Waals surface area contributed by atoms with Crippen LogP contribution in [-0.4, -0.2) is 34.5 Å². The van der Waals surface area contributed by atoms with E-state index >= 15 is 0 Å². The number of epoxide rings is 1. The number of Topliss-reactive ketones (excluding diaryl/α,β-unsaturated/α-hetero) is 1. The molecule has 136 valence electrons. The SMILES string of the molecule is CC(=O)[C@@]12OC1C[C@H]1[C@@H]3CCC4=CC(=O)CC[C@]4(C)[C@H]3[C@H](O)C[C@@]12C. The minimum atomic E-state index is -0.636. The smallest absolute Gasteiger partial charge is 0.164 e. The maximum Gasteiger partial charge on any atom is 0.164 e. The van der Waals surface area contributed by atoms with Crippen molar-refractivity contribution < 1.29 is 19.4 Å². The van der Waals surface area contributed by atoms with E-state index in [9.17, 15) is 14.7 Å². The van der Waals surface area contributed by atoms with Crippen LogP contribution < -0.4 is 0 Å². The van der Waals surface area contributed by atoms with Crippen molar-refractivity contribution in [2.24, 2.45) is 28.6 Å². The maximum atomic E-state index is 12.4. The zero-order valence-corrected chi connectivity index (χ0v) is 15.4. The third-order valence-electron chi connectivity index (χ3n) is 8.85. The van der Waals surface area contributed by atoms with Gasteiger partial charge in [-0.2, -0.15) is 0 Å². The molecule has 4 nitrogen and oxygen atoms in total. The summed E-state index contributed by atoms with van der Waals surface area (Å²) in [7, 11) is 0. The summed E-state index contributed by atoms with van der Waals surface area (Å²) in [5.41, 5.74) is 0.317. The van der Waals surface area contributed by atoms with E-state index in [-0.39, 0.29) is 34.4 Å². The zero-order valence-electron chi connectivity index (χ0n) is 15.4. The number of allylic oxidation sites excluding steroid dienone is 1. The van der Waals surface area contributed by atoms with E-state index in [1.165, 1.54) is 5.57 Å². The molecule has 1 N–H and O–H groups in total. The van der Waals surface area contributed by atoms with Gasteiger partial charge in [0.05, 0.1) is 12.2 Å². The fraction of sp³-hybridized carbons (Fsp3) is 0.810. The molecule has 25 heavy (non-hydrogen) atoms. The Morgan fingerprint density at radius 3 is 2.80 bits per heavy atom. The summed E-state index contributed by atoms with van der Waals surface area (Å²) >= 11 is 0. The Kier molecular flexibility index (Phi) is 3.00. The van der Waals surface area contributed by atoms with E-state index < -0.39 is 11.7 Å². The summed E-state index contributed by atoms with van der Waals surface area (Å²) in [6, 6.07) is 0. The molecule has 4 fully saturated rings. The minimum absolute atomic E-state index is 0.0589. The second-order valence-corrected chi connectivity index (χ2v) is 9.71. The zero-order chi connectivity index (χ0) is 17.8. The summed E-state index contributed by atoms with van der Waals surface area (Å²) in [6.45, 7) is 6.10. The maximum absolute atomic E-state index is 12.4. The van der Waals surface area contributed by atoms with Gasteiger partial charge in [0, 0.05) is 11.8 Å². The van der Waals surface area contributed by atoms with Gasteiger partial charge in [0.2, 0.25) is 0 Å². The molecule has 5 rings (SSSR count). The lowest BCUT2D eigenvalue weighted by Crippen LogP contribution is -2.59. The highest BCUT2D eigenvalue weighted by Crippen LogP contribution is 2.73. The monoisotopic (exact) mass is 344 g/mol. The predicted molar refractivity (Wildman–Crippen MR) is 91.8 cm³/mol. The first-order valence-corrected chi connectivity index (χ1v) is 9.85. The molecule has 0 aromatic carbocycles. The highest BCUT2D eigenvalue weighted by atomic mass is 16.6. The van der Waals surface area contributed by atoms with Gasteiger partial charge in [0.1, 0.15) is 0 Å². The number of aliphatic hydroxyl groups excluding tert-OH is 1. The van der Waals surface area contributed by atoms with E-state index in [2.05, 4.69) is 13.8 Å². The predicted octanol–water partition coefficient (Wildman–Crippen LogP) is 2.83. The molecule has 5 aliphatic rings. The van der Waals surface area contributed by atoms with Crippen LogP contribution in [0.3, 0.4) is 0 Å². The van der Waals surface area contributed by atoms with Crippen molar-refractivity contribution in [2.45, 2.75) is 77.1 Å². The molecule has 1 aliphatic heterocycles. The van der Waals surface area contributed by atoms with Crippen molar-refractivity contribution in [3.63, 3.8) is 0 Å². The summed E-state index contributed by atoms with van der Waals surface area (Å²) < 4.78 is 5.93. The van der Waals surface area contributed by atoms with Crippen LogP contribution in [0.25, 0.3) is 0 Å². The molecule has 0 spiro atoms. The van der Waals surface area contributed by atoms with Crippen LogP contribution in [0.15, 0.2) is 11.6 Å². The van der Waals surface area contributed by atoms with Crippen LogP contribution >= 0.6 is 0 Å². The molecule has 4 aliphatic carbocycles. The van der Waals surface area contributed by atoms with Crippen LogP contribution in [0.2, 0.25) is 0 Å². The van der Waals surface area contributed by atoms with Crippen LogP contribution in [0, 0.1) is 28.6 Å². The number of hydrogen-bond donors (Lipinski definition) is 1. The van der Waals surface area contributed by atoms with Gasteiger partial charge in [-0.05, 0) is 68.3 Å². The van der Waals surface area contributed by atoms with Crippen molar-refractivity contribution in [1.29, 1.82) is 0 Å². The molecule has 1 heterocycles. The van der Waals surface area contributed by atoms with Crippen LogP contribution in [0.4, 0.5) is 0 Å². The molecular weight excluding hydrogens is 316 g/mol. The van der Waals surface area contributed by atoms with Crippen LogP contribution in [0.5, 0.6) is 0 Å². The van der Waals surface area contributed by atoms with Gasteiger partial charge < -0.3 is 9.84 Å². The van der Waals surface area contributed by atoms with Gasteiger partial charge in [-0.25, -0.2) is 0 Å². The Bertz CT molecular complexity index is 711. The van der Waals surface area contributed by atoms with Crippen LogP contribution in [-0.2, 0) is 14.3 Å². The van der Waals surface area contributed by atoms with Gasteiger partial charge in [0.25, 0.3) is 0 Å². The standard InChI is InChI=1S/C21H28O4/c1-11(22)21-17(25-21)9-15-14-5-4-12-8-13(23)6-7-19(12,2)18(14)16(24)10-20(15,21)3/h8,14-18,24H,4-7,9-10H2,1-3H3/t14-,15-,16+,17?,18+,19-,20-,21+/m0/s1. The molecule has 0 aromatic heterocycles. The lowest BCUT2D eigenvalue weighted by atomic mass is 9.45. The quantitative estimate of drug-likeness (QED) is 0.743. The number of hydrogen-bond acceptors (Lipinski definition) is 4. The largest absolute Gasteiger partial charge is 0.393 e. The number of aliphatic hydroxyl groups is 1. The topological polar surface area (TPSA) is 66.9 Å². The Morgan fingerprint density at radius 2 is 2.08 bits per heavy atom. The van der Waals surface area contributed by atoms with Gasteiger partial charge in [0.15, 0.2) is 17.2 Å². The fourth-order valence-corrected chi connectivity index (χ4v) is 7.75. The highest BCUT2D eigenvalue weighted by molar-refractivity contribution is 5.92. The first kappa shape index (κ1) is 16.2. The van der Waals surface area contributed by atoms with E-state index in [0.717, 1.165) is 25.7 Å². The normalized spacial score (nSPS) is 56.2. The number of ether oxygens (including phenoxy) is 1. The number of fused-ring (bicyclic) bond motifs is 7. The molecule has 8 atom stereocenters.